The van der Waals surface area contributed by atoms with E-state index in [1.807, 2.05) is 0 Å². The smallest absolute Gasteiger partial charge is 0.262 e. The largest absolute Gasteiger partial charge is 0.346 e. The molecule has 0 spiro atoms. The van der Waals surface area contributed by atoms with Crippen molar-refractivity contribution in [2.75, 3.05) is 18.8 Å². The average Bonchev–Trinajstić information content (AvgIpc) is 2.86. The topological polar surface area (TPSA) is 91.0 Å². The summed E-state index contributed by atoms with van der Waals surface area (Å²) < 4.78 is 0. The van der Waals surface area contributed by atoms with Gasteiger partial charge in [0.2, 0.25) is 0 Å². The first kappa shape index (κ1) is 11.7. The number of hydrogen-bond donors (Lipinski definition) is 3. The summed E-state index contributed by atoms with van der Waals surface area (Å²) >= 11 is 1.62. The molecular weight excluding hydrogens is 250 g/mol. The van der Waals surface area contributed by atoms with E-state index in [0.29, 0.717) is 22.1 Å². The number of nitrogens with one attached hydrogen (secondary N) is 2. The summed E-state index contributed by atoms with van der Waals surface area (Å²) in [7, 11) is 0. The number of aromatic nitrogens is 4. The minimum atomic E-state index is -0.119. The average molecular weight is 266 g/mol. The van der Waals surface area contributed by atoms with Crippen LogP contribution in [0.2, 0.25) is 0 Å². The molecule has 3 rings (SSSR count). The maximum atomic E-state index is 11.7. The van der Waals surface area contributed by atoms with Gasteiger partial charge in [0.25, 0.3) is 5.56 Å². The predicted molar refractivity (Wildman–Crippen MR) is 69.6 cm³/mol. The third kappa shape index (κ3) is 2.41. The number of thioether (sulfide) groups is 1. The number of piperidine rings is 1. The summed E-state index contributed by atoms with van der Waals surface area (Å²) in [5.41, 5.74) is 0.447. The number of nitrogens with zero attached hydrogens (tertiary/aromatic N) is 2. The van der Waals surface area contributed by atoms with E-state index in [9.17, 15) is 4.79 Å². The minimum absolute atomic E-state index is 0.119. The molecule has 1 unspecified atom stereocenters. The highest BCUT2D eigenvalue weighted by atomic mass is 32.2. The maximum absolute atomic E-state index is 11.7. The second-order valence-electron chi connectivity index (χ2n) is 4.64. The van der Waals surface area contributed by atoms with E-state index in [0.717, 1.165) is 5.75 Å². The van der Waals surface area contributed by atoms with Crippen LogP contribution in [0.25, 0.3) is 11.0 Å². The van der Waals surface area contributed by atoms with Gasteiger partial charge in [-0.25, -0.2) is 4.98 Å². The van der Waals surface area contributed by atoms with Crippen LogP contribution in [0.1, 0.15) is 12.8 Å². The Kier molecular flexibility index (Phi) is 3.33. The van der Waals surface area contributed by atoms with Crippen LogP contribution in [-0.2, 0) is 0 Å². The highest BCUT2D eigenvalue weighted by molar-refractivity contribution is 7.99. The van der Waals surface area contributed by atoms with Crippen molar-refractivity contribution < 1.29 is 5.32 Å². The van der Waals surface area contributed by atoms with E-state index in [-0.39, 0.29) is 5.56 Å². The highest BCUT2D eigenvalue weighted by Gasteiger charge is 2.16. The lowest BCUT2D eigenvalue weighted by Gasteiger charge is -2.18. The van der Waals surface area contributed by atoms with Crippen molar-refractivity contribution in [3.63, 3.8) is 0 Å². The molecule has 2 aromatic rings. The van der Waals surface area contributed by atoms with Gasteiger partial charge in [-0.2, -0.15) is 5.10 Å². The summed E-state index contributed by atoms with van der Waals surface area (Å²) in [6, 6.07) is 0. The Bertz CT molecular complexity index is 586. The Balaban J connectivity index is 1.72. The van der Waals surface area contributed by atoms with Crippen LogP contribution >= 0.6 is 11.8 Å². The van der Waals surface area contributed by atoms with Gasteiger partial charge in [-0.05, 0) is 12.8 Å². The van der Waals surface area contributed by atoms with Crippen LogP contribution in [0, 0.1) is 5.92 Å². The first-order chi connectivity index (χ1) is 8.83. The second-order valence-corrected chi connectivity index (χ2v) is 5.64. The fourth-order valence-corrected chi connectivity index (χ4v) is 3.28. The van der Waals surface area contributed by atoms with Crippen molar-refractivity contribution in [1.29, 1.82) is 0 Å². The third-order valence-electron chi connectivity index (χ3n) is 3.27. The summed E-state index contributed by atoms with van der Waals surface area (Å²) in [4.78, 5) is 18.9. The quantitative estimate of drug-likeness (QED) is 0.526. The van der Waals surface area contributed by atoms with Gasteiger partial charge >= 0.3 is 0 Å². The molecule has 1 fully saturated rings. The summed E-state index contributed by atoms with van der Waals surface area (Å²) in [6.45, 7) is 2.43. The molecule has 4 N–H and O–H groups in total. The van der Waals surface area contributed by atoms with Gasteiger partial charge in [0.05, 0.1) is 19.3 Å². The van der Waals surface area contributed by atoms with E-state index in [1.54, 1.807) is 11.8 Å². The number of hydrogen-bond acceptors (Lipinski definition) is 4. The first-order valence-electron chi connectivity index (χ1n) is 6.21. The molecule has 3 heterocycles. The molecule has 1 aliphatic heterocycles. The van der Waals surface area contributed by atoms with Crippen LogP contribution in [-0.4, -0.2) is 39.0 Å². The zero-order valence-electron chi connectivity index (χ0n) is 9.98. The molecule has 7 heteroatoms. The van der Waals surface area contributed by atoms with E-state index >= 15 is 0 Å². The normalized spacial score (nSPS) is 20.3. The molecule has 96 valence electrons. The Morgan fingerprint density at radius 2 is 2.50 bits per heavy atom. The monoisotopic (exact) mass is 266 g/mol. The van der Waals surface area contributed by atoms with Crippen LogP contribution in [0.5, 0.6) is 0 Å². The number of rotatable bonds is 3. The highest BCUT2D eigenvalue weighted by Crippen LogP contribution is 2.19. The van der Waals surface area contributed by atoms with Crippen molar-refractivity contribution in [1.82, 2.24) is 20.2 Å². The SMILES string of the molecule is O=c1[nH]c(SCC2CCC[NH2+]C2)nc2[nH]ncc12. The molecule has 0 aromatic carbocycles. The van der Waals surface area contributed by atoms with Crippen LogP contribution < -0.4 is 10.9 Å². The molecule has 0 bridgehead atoms. The Labute approximate surface area is 108 Å². The molecule has 6 nitrogen and oxygen atoms in total. The number of quaternary nitrogens is 1. The standard InChI is InChI=1S/C11H15N5OS/c17-10-8-5-13-16-9(8)14-11(15-10)18-6-7-2-1-3-12-4-7/h5,7,12H,1-4,6H2,(H2,13,14,15,16,17)/p+1. The molecule has 2 aromatic heterocycles. The lowest BCUT2D eigenvalue weighted by molar-refractivity contribution is -0.668. The molecule has 0 saturated carbocycles. The first-order valence-corrected chi connectivity index (χ1v) is 7.19. The van der Waals surface area contributed by atoms with Crippen molar-refractivity contribution in [3.8, 4) is 0 Å². The van der Waals surface area contributed by atoms with Crippen LogP contribution in [0.3, 0.4) is 0 Å². The van der Waals surface area contributed by atoms with Crippen LogP contribution in [0.4, 0.5) is 0 Å². The van der Waals surface area contributed by atoms with E-state index in [2.05, 4.69) is 25.5 Å². The molecule has 1 aliphatic rings. The zero-order chi connectivity index (χ0) is 12.4. The molecule has 18 heavy (non-hydrogen) atoms. The minimum Gasteiger partial charge on any atom is -0.346 e. The van der Waals surface area contributed by atoms with Gasteiger partial charge in [0.1, 0.15) is 5.39 Å². The Morgan fingerprint density at radius 1 is 1.56 bits per heavy atom. The van der Waals surface area contributed by atoms with Gasteiger partial charge in [0, 0.05) is 11.7 Å². The maximum Gasteiger partial charge on any atom is 0.262 e. The van der Waals surface area contributed by atoms with Crippen molar-refractivity contribution in [2.45, 2.75) is 18.0 Å². The van der Waals surface area contributed by atoms with Gasteiger partial charge in [0.15, 0.2) is 10.8 Å². The van der Waals surface area contributed by atoms with E-state index < -0.39 is 0 Å². The molecule has 1 atom stereocenters. The van der Waals surface area contributed by atoms with Gasteiger partial charge in [-0.1, -0.05) is 11.8 Å². The number of aromatic amines is 2. The summed E-state index contributed by atoms with van der Waals surface area (Å²) in [6.07, 6.45) is 4.07. The number of nitrogens with two attached hydrogens (primary N) is 1. The van der Waals surface area contributed by atoms with Crippen LogP contribution in [0.15, 0.2) is 16.1 Å². The van der Waals surface area contributed by atoms with Crippen molar-refractivity contribution >= 4 is 22.8 Å². The second kappa shape index (κ2) is 5.11. The summed E-state index contributed by atoms with van der Waals surface area (Å²) in [5, 5.41) is 10.1. The zero-order valence-corrected chi connectivity index (χ0v) is 10.8. The fourth-order valence-electron chi connectivity index (χ4n) is 2.26. The lowest BCUT2D eigenvalue weighted by atomic mass is 10.0. The molecule has 0 radical (unpaired) electrons. The Morgan fingerprint density at radius 3 is 3.33 bits per heavy atom. The van der Waals surface area contributed by atoms with Crippen molar-refractivity contribution in [3.05, 3.63) is 16.6 Å². The van der Waals surface area contributed by atoms with Gasteiger partial charge < -0.3 is 10.3 Å². The molecular formula is C11H16N5OS+. The number of fused-ring (bicyclic) bond motifs is 1. The van der Waals surface area contributed by atoms with E-state index in [1.165, 1.54) is 32.1 Å². The van der Waals surface area contributed by atoms with E-state index in [4.69, 9.17) is 0 Å². The fraction of sp³-hybridized carbons (Fsp3) is 0.545. The molecule has 0 amide bonds. The predicted octanol–water partition coefficient (Wildman–Crippen LogP) is -0.288. The number of H-pyrrole nitrogens is 2. The summed E-state index contributed by atoms with van der Waals surface area (Å²) in [5.74, 6) is 1.73. The third-order valence-corrected chi connectivity index (χ3v) is 4.38. The van der Waals surface area contributed by atoms with Crippen molar-refractivity contribution in [2.24, 2.45) is 5.92 Å². The van der Waals surface area contributed by atoms with Gasteiger partial charge in [-0.3, -0.25) is 9.89 Å². The molecule has 1 saturated heterocycles. The van der Waals surface area contributed by atoms with Gasteiger partial charge in [-0.15, -0.1) is 0 Å². The Hall–Kier alpha value is -1.34. The molecule has 0 aliphatic carbocycles. The lowest BCUT2D eigenvalue weighted by Crippen LogP contribution is -2.87.